The molecule has 45 heavy (non-hydrogen) atoms. The summed E-state index contributed by atoms with van der Waals surface area (Å²) in [5.74, 6) is -2.80. The molecule has 0 spiro atoms. The fourth-order valence-corrected chi connectivity index (χ4v) is 5.93. The predicted molar refractivity (Wildman–Crippen MR) is 162 cm³/mol. The second kappa shape index (κ2) is 11.0. The van der Waals surface area contributed by atoms with Crippen molar-refractivity contribution >= 4 is 32.1 Å². The molecular weight excluding hydrogens is 607 g/mol. The summed E-state index contributed by atoms with van der Waals surface area (Å²) in [6, 6.07) is 11.5. The summed E-state index contributed by atoms with van der Waals surface area (Å²) >= 11 is 0. The molecule has 1 aliphatic heterocycles. The zero-order chi connectivity index (χ0) is 31.3. The van der Waals surface area contributed by atoms with Crippen molar-refractivity contribution in [3.8, 4) is 34.0 Å². The van der Waals surface area contributed by atoms with Gasteiger partial charge in [0.2, 0.25) is 10.0 Å². The Morgan fingerprint density at radius 3 is 2.60 bits per heavy atom. The number of sulfonamides is 1. The van der Waals surface area contributed by atoms with Crippen molar-refractivity contribution in [2.75, 3.05) is 19.3 Å². The molecule has 5 aromatic heterocycles. The van der Waals surface area contributed by atoms with Crippen LogP contribution in [0.1, 0.15) is 17.5 Å². The van der Waals surface area contributed by atoms with Crippen molar-refractivity contribution in [2.24, 2.45) is 0 Å². The van der Waals surface area contributed by atoms with Gasteiger partial charge in [-0.1, -0.05) is 0 Å². The largest absolute Gasteiger partial charge is 0.336 e. The standard InChI is InChI=1S/C30H26F3N9O2S/c1-45(43,44)36-13-17-8-19(11-21(31)10-17)25-26-23(4-6-35-25)38-29(39-26)28-27-24(40-41-28)3-2-22(37-27)20-9-18(12-34-14-20)15-42-7-5-30(32,33)16-42/h2-4,6,8-12,14,36H,5,7,13,15-16H2,1H3,(H,38,39)(H,40,41). The van der Waals surface area contributed by atoms with Crippen LogP contribution in [0.15, 0.2) is 61.1 Å². The molecule has 1 aromatic carbocycles. The highest BCUT2D eigenvalue weighted by molar-refractivity contribution is 7.88. The highest BCUT2D eigenvalue weighted by Gasteiger charge is 2.38. The number of rotatable bonds is 8. The Bertz CT molecular complexity index is 2180. The molecule has 230 valence electrons. The van der Waals surface area contributed by atoms with Crippen molar-refractivity contribution < 1.29 is 21.6 Å². The van der Waals surface area contributed by atoms with Crippen LogP contribution in [-0.4, -0.2) is 73.7 Å². The normalized spacial score (nSPS) is 15.4. The van der Waals surface area contributed by atoms with E-state index >= 15 is 0 Å². The van der Waals surface area contributed by atoms with Crippen LogP contribution in [-0.2, 0) is 23.1 Å². The number of benzene rings is 1. The highest BCUT2D eigenvalue weighted by Crippen LogP contribution is 2.32. The number of hydrogen-bond donors (Lipinski definition) is 3. The number of nitrogens with one attached hydrogen (secondary N) is 3. The van der Waals surface area contributed by atoms with Gasteiger partial charge in [-0.05, 0) is 53.6 Å². The molecule has 0 saturated carbocycles. The molecule has 6 heterocycles. The second-order valence-electron chi connectivity index (χ2n) is 11.1. The monoisotopic (exact) mass is 633 g/mol. The number of H-pyrrole nitrogens is 2. The number of nitrogens with zero attached hydrogens (tertiary/aromatic N) is 6. The quantitative estimate of drug-likeness (QED) is 0.220. The number of aromatic nitrogens is 7. The molecular formula is C30H26F3N9O2S. The van der Waals surface area contributed by atoms with Gasteiger partial charge >= 0.3 is 0 Å². The van der Waals surface area contributed by atoms with Gasteiger partial charge in [0.15, 0.2) is 11.5 Å². The lowest BCUT2D eigenvalue weighted by molar-refractivity contribution is 0.0115. The van der Waals surface area contributed by atoms with Gasteiger partial charge in [0.05, 0.1) is 35.2 Å². The first-order valence-corrected chi connectivity index (χ1v) is 15.9. The molecule has 1 fully saturated rings. The third kappa shape index (κ3) is 6.14. The number of fused-ring (bicyclic) bond motifs is 2. The van der Waals surface area contributed by atoms with Crippen molar-refractivity contribution in [3.63, 3.8) is 0 Å². The Kier molecular flexibility index (Phi) is 7.10. The zero-order valence-electron chi connectivity index (χ0n) is 23.9. The summed E-state index contributed by atoms with van der Waals surface area (Å²) in [6.45, 7) is 0.349. The molecule has 0 unspecified atom stereocenters. The first-order valence-electron chi connectivity index (χ1n) is 14.0. The third-order valence-corrected chi connectivity index (χ3v) is 8.22. The lowest BCUT2D eigenvalue weighted by Crippen LogP contribution is -2.24. The molecule has 15 heteroatoms. The minimum Gasteiger partial charge on any atom is -0.336 e. The molecule has 1 saturated heterocycles. The van der Waals surface area contributed by atoms with E-state index in [4.69, 9.17) is 9.97 Å². The smallest absolute Gasteiger partial charge is 0.261 e. The summed E-state index contributed by atoms with van der Waals surface area (Å²) in [5, 5.41) is 7.43. The number of halogens is 3. The topological polar surface area (TPSA) is 145 Å². The molecule has 11 nitrogen and oxygen atoms in total. The van der Waals surface area contributed by atoms with E-state index in [-0.39, 0.29) is 19.5 Å². The van der Waals surface area contributed by atoms with Crippen LogP contribution in [0.4, 0.5) is 13.2 Å². The van der Waals surface area contributed by atoms with Crippen LogP contribution in [0.5, 0.6) is 0 Å². The fourth-order valence-electron chi connectivity index (χ4n) is 5.50. The number of likely N-dealkylation sites (tertiary alicyclic amines) is 1. The van der Waals surface area contributed by atoms with E-state index < -0.39 is 21.8 Å². The molecule has 3 N–H and O–H groups in total. The van der Waals surface area contributed by atoms with E-state index in [1.165, 1.54) is 12.1 Å². The van der Waals surface area contributed by atoms with E-state index in [9.17, 15) is 21.6 Å². The van der Waals surface area contributed by atoms with Crippen LogP contribution >= 0.6 is 0 Å². The van der Waals surface area contributed by atoms with Crippen LogP contribution in [0.3, 0.4) is 0 Å². The van der Waals surface area contributed by atoms with Crippen LogP contribution in [0.25, 0.3) is 56.1 Å². The maximum absolute atomic E-state index is 14.6. The van der Waals surface area contributed by atoms with Crippen molar-refractivity contribution in [3.05, 3.63) is 78.0 Å². The van der Waals surface area contributed by atoms with E-state index in [2.05, 4.69) is 29.9 Å². The number of alkyl halides is 2. The Morgan fingerprint density at radius 2 is 1.80 bits per heavy atom. The van der Waals surface area contributed by atoms with Gasteiger partial charge in [0, 0.05) is 55.8 Å². The van der Waals surface area contributed by atoms with Crippen LogP contribution in [0, 0.1) is 5.82 Å². The number of hydrogen-bond acceptors (Lipinski definition) is 8. The van der Waals surface area contributed by atoms with Crippen LogP contribution < -0.4 is 4.72 Å². The average Bonchev–Trinajstić information content (AvgIpc) is 3.71. The minimum atomic E-state index is -3.47. The van der Waals surface area contributed by atoms with Gasteiger partial charge in [-0.2, -0.15) is 5.10 Å². The molecule has 0 atom stereocenters. The maximum atomic E-state index is 14.6. The van der Waals surface area contributed by atoms with E-state index in [1.807, 2.05) is 18.2 Å². The fraction of sp³-hybridized carbons (Fsp3) is 0.233. The average molecular weight is 634 g/mol. The Labute approximate surface area is 255 Å². The van der Waals surface area contributed by atoms with Crippen molar-refractivity contribution in [2.45, 2.75) is 25.4 Å². The first-order chi connectivity index (χ1) is 21.5. The Balaban J connectivity index is 1.22. The summed E-state index contributed by atoms with van der Waals surface area (Å²) in [4.78, 5) is 23.3. The molecule has 0 aliphatic carbocycles. The molecule has 0 radical (unpaired) electrons. The highest BCUT2D eigenvalue weighted by atomic mass is 32.2. The van der Waals surface area contributed by atoms with Gasteiger partial charge in [-0.15, -0.1) is 0 Å². The molecule has 0 bridgehead atoms. The van der Waals surface area contributed by atoms with E-state index in [0.29, 0.717) is 69.2 Å². The zero-order valence-corrected chi connectivity index (χ0v) is 24.7. The Morgan fingerprint density at radius 1 is 0.978 bits per heavy atom. The summed E-state index contributed by atoms with van der Waals surface area (Å²) in [6.07, 6.45) is 5.81. The maximum Gasteiger partial charge on any atom is 0.261 e. The number of pyridine rings is 3. The van der Waals surface area contributed by atoms with Gasteiger partial charge in [-0.3, -0.25) is 20.0 Å². The molecule has 0 amide bonds. The SMILES string of the molecule is CS(=O)(=O)NCc1cc(F)cc(-c2nccc3[nH]c(-c4n[nH]c5ccc(-c6cncc(CN7CCC(F)(F)C7)c6)nc45)nc23)c1. The number of imidazole rings is 1. The first kappa shape index (κ1) is 29.0. The minimum absolute atomic E-state index is 0.0781. The van der Waals surface area contributed by atoms with Gasteiger partial charge in [0.25, 0.3) is 5.92 Å². The van der Waals surface area contributed by atoms with Gasteiger partial charge in [-0.25, -0.2) is 36.3 Å². The van der Waals surface area contributed by atoms with Crippen LogP contribution in [0.2, 0.25) is 0 Å². The Hall–Kier alpha value is -4.73. The van der Waals surface area contributed by atoms with E-state index in [1.54, 1.807) is 35.6 Å². The predicted octanol–water partition coefficient (Wildman–Crippen LogP) is 4.65. The second-order valence-corrected chi connectivity index (χ2v) is 13.0. The molecule has 7 rings (SSSR count). The lowest BCUT2D eigenvalue weighted by atomic mass is 10.1. The van der Waals surface area contributed by atoms with Gasteiger partial charge in [0.1, 0.15) is 16.9 Å². The summed E-state index contributed by atoms with van der Waals surface area (Å²) in [7, 11) is -3.47. The van der Waals surface area contributed by atoms with Crippen molar-refractivity contribution in [1.82, 2.24) is 44.7 Å². The summed E-state index contributed by atoms with van der Waals surface area (Å²) < 4.78 is 67.4. The molecule has 1 aliphatic rings. The van der Waals surface area contributed by atoms with Crippen molar-refractivity contribution in [1.29, 1.82) is 0 Å². The van der Waals surface area contributed by atoms with E-state index in [0.717, 1.165) is 17.4 Å². The third-order valence-electron chi connectivity index (χ3n) is 7.55. The lowest BCUT2D eigenvalue weighted by Gasteiger charge is -2.15. The molecule has 6 aromatic rings. The summed E-state index contributed by atoms with van der Waals surface area (Å²) in [5.41, 5.74) is 6.20. The van der Waals surface area contributed by atoms with Gasteiger partial charge < -0.3 is 4.98 Å². The number of aromatic amines is 2.